The van der Waals surface area contributed by atoms with Gasteiger partial charge in [-0.15, -0.1) is 11.6 Å². The molecular weight excluding hydrogens is 257 g/mol. The largest absolute Gasteiger partial charge is 0.464 e. The average Bonchev–Trinajstić information content (AvgIpc) is 2.84. The molecule has 2 rings (SSSR count). The van der Waals surface area contributed by atoms with E-state index in [1.807, 2.05) is 6.07 Å². The van der Waals surface area contributed by atoms with Gasteiger partial charge in [-0.1, -0.05) is 12.1 Å². The molecule has 1 N–H and O–H groups in total. The number of carbonyl (C=O) groups excluding carboxylic acids is 1. The van der Waals surface area contributed by atoms with Gasteiger partial charge in [0.05, 0.1) is 12.3 Å². The zero-order chi connectivity index (χ0) is 13.0. The number of nitrogens with one attached hydrogen (secondary N) is 1. The number of hydrogen-bond acceptors (Lipinski definition) is 3. The standard InChI is InChI=1S/C13H13ClFNO2/c14-5-3-11(16-8-15)13(17)10-2-1-9-4-6-18-12(9)7-10/h1-2,4,6-7,11,16H,3,5,8H2. The second-order valence-corrected chi connectivity index (χ2v) is 4.28. The summed E-state index contributed by atoms with van der Waals surface area (Å²) in [6, 6.07) is 6.40. The zero-order valence-electron chi connectivity index (χ0n) is 9.66. The molecule has 0 aliphatic heterocycles. The van der Waals surface area contributed by atoms with E-state index in [4.69, 9.17) is 16.0 Å². The summed E-state index contributed by atoms with van der Waals surface area (Å²) in [5.41, 5.74) is 1.14. The molecule has 0 aliphatic rings. The van der Waals surface area contributed by atoms with E-state index in [0.717, 1.165) is 5.39 Å². The zero-order valence-corrected chi connectivity index (χ0v) is 10.4. The van der Waals surface area contributed by atoms with Crippen molar-refractivity contribution in [2.45, 2.75) is 12.5 Å². The molecule has 2 aromatic rings. The van der Waals surface area contributed by atoms with E-state index in [-0.39, 0.29) is 5.78 Å². The summed E-state index contributed by atoms with van der Waals surface area (Å²) in [6.45, 7) is -0.754. The quantitative estimate of drug-likeness (QED) is 0.498. The van der Waals surface area contributed by atoms with Crippen LogP contribution in [0.25, 0.3) is 11.0 Å². The molecule has 0 radical (unpaired) electrons. The SMILES string of the molecule is O=C(c1ccc2ccoc2c1)C(CCCl)NCF. The van der Waals surface area contributed by atoms with E-state index in [0.29, 0.717) is 23.4 Å². The summed E-state index contributed by atoms with van der Waals surface area (Å²) < 4.78 is 17.6. The first-order chi connectivity index (χ1) is 8.76. The Labute approximate surface area is 109 Å². The molecule has 0 spiro atoms. The summed E-state index contributed by atoms with van der Waals surface area (Å²) in [6.07, 6.45) is 1.95. The van der Waals surface area contributed by atoms with Crippen molar-refractivity contribution in [1.29, 1.82) is 0 Å². The monoisotopic (exact) mass is 269 g/mol. The Morgan fingerprint density at radius 1 is 1.44 bits per heavy atom. The molecule has 0 aliphatic carbocycles. The number of ketones is 1. The normalized spacial score (nSPS) is 12.8. The predicted octanol–water partition coefficient (Wildman–Crippen LogP) is 3.13. The molecular formula is C13H13ClFNO2. The number of rotatable bonds is 6. The van der Waals surface area contributed by atoms with E-state index in [1.165, 1.54) is 0 Å². The molecule has 96 valence electrons. The van der Waals surface area contributed by atoms with Gasteiger partial charge in [0.15, 0.2) is 5.78 Å². The van der Waals surface area contributed by atoms with Crippen molar-refractivity contribution in [2.24, 2.45) is 0 Å². The van der Waals surface area contributed by atoms with Crippen LogP contribution in [0.2, 0.25) is 0 Å². The highest BCUT2D eigenvalue weighted by Gasteiger charge is 2.19. The minimum Gasteiger partial charge on any atom is -0.464 e. The second-order valence-electron chi connectivity index (χ2n) is 3.91. The lowest BCUT2D eigenvalue weighted by Gasteiger charge is -2.14. The van der Waals surface area contributed by atoms with Gasteiger partial charge in [0.25, 0.3) is 0 Å². The van der Waals surface area contributed by atoms with Gasteiger partial charge >= 0.3 is 0 Å². The predicted molar refractivity (Wildman–Crippen MR) is 68.8 cm³/mol. The van der Waals surface area contributed by atoms with Crippen LogP contribution in [0.3, 0.4) is 0 Å². The molecule has 3 nitrogen and oxygen atoms in total. The number of hydrogen-bond donors (Lipinski definition) is 1. The summed E-state index contributed by atoms with van der Waals surface area (Å²) in [4.78, 5) is 12.2. The molecule has 0 bridgehead atoms. The fourth-order valence-corrected chi connectivity index (χ4v) is 2.06. The number of fused-ring (bicyclic) bond motifs is 1. The Morgan fingerprint density at radius 3 is 3.00 bits per heavy atom. The Bertz CT molecular complexity index is 535. The first-order valence-electron chi connectivity index (χ1n) is 5.63. The van der Waals surface area contributed by atoms with Crippen LogP contribution in [0, 0.1) is 0 Å². The topological polar surface area (TPSA) is 42.2 Å². The second kappa shape index (κ2) is 5.98. The van der Waals surface area contributed by atoms with Crippen LogP contribution < -0.4 is 5.32 Å². The molecule has 1 heterocycles. The lowest BCUT2D eigenvalue weighted by atomic mass is 10.0. The van der Waals surface area contributed by atoms with Gasteiger partial charge in [-0.25, -0.2) is 4.39 Å². The molecule has 18 heavy (non-hydrogen) atoms. The number of halogens is 2. The minimum absolute atomic E-state index is 0.174. The molecule has 1 aromatic carbocycles. The Hall–Kier alpha value is -1.39. The van der Waals surface area contributed by atoms with Crippen LogP contribution in [0.15, 0.2) is 34.9 Å². The van der Waals surface area contributed by atoms with Crippen LogP contribution in [0.1, 0.15) is 16.8 Å². The fourth-order valence-electron chi connectivity index (χ4n) is 1.84. The summed E-state index contributed by atoms with van der Waals surface area (Å²) in [5, 5.41) is 3.42. The molecule has 0 saturated heterocycles. The summed E-state index contributed by atoms with van der Waals surface area (Å²) in [5.74, 6) is 0.124. The maximum absolute atomic E-state index is 12.3. The highest BCUT2D eigenvalue weighted by molar-refractivity contribution is 6.18. The van der Waals surface area contributed by atoms with Crippen molar-refractivity contribution in [2.75, 3.05) is 12.7 Å². The maximum Gasteiger partial charge on any atom is 0.179 e. The Morgan fingerprint density at radius 2 is 2.28 bits per heavy atom. The third-order valence-corrected chi connectivity index (χ3v) is 3.00. The van der Waals surface area contributed by atoms with Crippen LogP contribution in [0.4, 0.5) is 4.39 Å². The third-order valence-electron chi connectivity index (χ3n) is 2.78. The van der Waals surface area contributed by atoms with Gasteiger partial charge < -0.3 is 4.42 Å². The van der Waals surface area contributed by atoms with Crippen LogP contribution in [-0.4, -0.2) is 24.5 Å². The highest BCUT2D eigenvalue weighted by atomic mass is 35.5. The van der Waals surface area contributed by atoms with Crippen molar-refractivity contribution in [3.63, 3.8) is 0 Å². The van der Waals surface area contributed by atoms with Crippen molar-refractivity contribution < 1.29 is 13.6 Å². The summed E-state index contributed by atoms with van der Waals surface area (Å²) in [7, 11) is 0. The lowest BCUT2D eigenvalue weighted by Crippen LogP contribution is -2.36. The van der Waals surface area contributed by atoms with Crippen LogP contribution in [-0.2, 0) is 0 Å². The first kappa shape index (κ1) is 13.1. The lowest BCUT2D eigenvalue weighted by molar-refractivity contribution is 0.0933. The highest BCUT2D eigenvalue weighted by Crippen LogP contribution is 2.18. The van der Waals surface area contributed by atoms with Crippen molar-refractivity contribution in [3.8, 4) is 0 Å². The molecule has 1 aromatic heterocycles. The molecule has 0 saturated carbocycles. The maximum atomic E-state index is 12.3. The first-order valence-corrected chi connectivity index (χ1v) is 6.16. The third kappa shape index (κ3) is 2.71. The smallest absolute Gasteiger partial charge is 0.179 e. The number of furan rings is 1. The van der Waals surface area contributed by atoms with Gasteiger partial charge in [0, 0.05) is 16.8 Å². The fraction of sp³-hybridized carbons (Fsp3) is 0.308. The van der Waals surface area contributed by atoms with Crippen molar-refractivity contribution >= 4 is 28.4 Å². The van der Waals surface area contributed by atoms with Gasteiger partial charge in [0.1, 0.15) is 12.4 Å². The average molecular weight is 270 g/mol. The van der Waals surface area contributed by atoms with E-state index < -0.39 is 12.8 Å². The van der Waals surface area contributed by atoms with E-state index >= 15 is 0 Å². The molecule has 0 amide bonds. The number of carbonyl (C=O) groups is 1. The van der Waals surface area contributed by atoms with Gasteiger partial charge in [-0.2, -0.15) is 0 Å². The van der Waals surface area contributed by atoms with Gasteiger partial charge in [0.2, 0.25) is 0 Å². The minimum atomic E-state index is -0.754. The van der Waals surface area contributed by atoms with E-state index in [1.54, 1.807) is 24.5 Å². The molecule has 1 unspecified atom stereocenters. The number of alkyl halides is 2. The van der Waals surface area contributed by atoms with Gasteiger partial charge in [-0.3, -0.25) is 10.1 Å². The number of benzene rings is 1. The van der Waals surface area contributed by atoms with Gasteiger partial charge in [-0.05, 0) is 18.6 Å². The molecule has 1 atom stereocenters. The van der Waals surface area contributed by atoms with Crippen molar-refractivity contribution in [1.82, 2.24) is 5.32 Å². The Kier molecular flexibility index (Phi) is 4.33. The van der Waals surface area contributed by atoms with Crippen LogP contribution in [0.5, 0.6) is 0 Å². The molecule has 5 heteroatoms. The van der Waals surface area contributed by atoms with Crippen molar-refractivity contribution in [3.05, 3.63) is 36.1 Å². The van der Waals surface area contributed by atoms with E-state index in [9.17, 15) is 9.18 Å². The van der Waals surface area contributed by atoms with E-state index in [2.05, 4.69) is 5.32 Å². The summed E-state index contributed by atoms with van der Waals surface area (Å²) >= 11 is 5.61. The number of Topliss-reactive ketones (excluding diaryl/α,β-unsaturated/α-hetero) is 1. The van der Waals surface area contributed by atoms with Crippen LogP contribution >= 0.6 is 11.6 Å². The Balaban J connectivity index is 2.24. The molecule has 0 fully saturated rings.